The van der Waals surface area contributed by atoms with Crippen LogP contribution in [0.2, 0.25) is 0 Å². The quantitative estimate of drug-likeness (QED) is 0.700. The lowest BCUT2D eigenvalue weighted by molar-refractivity contribution is 0.415. The molecule has 0 spiro atoms. The van der Waals surface area contributed by atoms with E-state index < -0.39 is 11.2 Å². The van der Waals surface area contributed by atoms with Gasteiger partial charge in [-0.15, -0.1) is 0 Å². The van der Waals surface area contributed by atoms with Crippen LogP contribution in [0.5, 0.6) is 11.6 Å². The summed E-state index contributed by atoms with van der Waals surface area (Å²) in [6.45, 7) is 6.12. The molecule has 1 heterocycles. The lowest BCUT2D eigenvalue weighted by Gasteiger charge is -2.15. The summed E-state index contributed by atoms with van der Waals surface area (Å²) in [5, 5.41) is 0. The fourth-order valence-corrected chi connectivity index (χ4v) is 3.15. The molecule has 3 rings (SSSR count). The van der Waals surface area contributed by atoms with E-state index in [4.69, 9.17) is 4.74 Å². The fourth-order valence-electron chi connectivity index (χ4n) is 3.15. The summed E-state index contributed by atoms with van der Waals surface area (Å²) < 4.78 is 7.52. The maximum absolute atomic E-state index is 12.5. The van der Waals surface area contributed by atoms with Gasteiger partial charge in [0.15, 0.2) is 0 Å². The van der Waals surface area contributed by atoms with Crippen LogP contribution in [-0.4, -0.2) is 9.55 Å². The molecule has 0 aliphatic heterocycles. The van der Waals surface area contributed by atoms with Crippen molar-refractivity contribution in [3.05, 3.63) is 97.7 Å². The number of aromatic amines is 1. The number of H-pyrrole nitrogens is 1. The van der Waals surface area contributed by atoms with E-state index in [0.717, 1.165) is 16.7 Å². The number of allylic oxidation sites excluding steroid dienone is 1. The van der Waals surface area contributed by atoms with Crippen LogP contribution in [0.1, 0.15) is 29.2 Å². The van der Waals surface area contributed by atoms with Gasteiger partial charge in [-0.2, -0.15) is 0 Å². The molecule has 0 aliphatic carbocycles. The molecule has 5 heteroatoms. The highest BCUT2D eigenvalue weighted by Crippen LogP contribution is 2.25. The van der Waals surface area contributed by atoms with Gasteiger partial charge in [-0.05, 0) is 49.1 Å². The standard InChI is InChI=1S/C23H24N2O3/c1-4-20-21(26)24-23(27)25(12-8-11-18-9-6-5-7-10-18)22(20)28-19-14-16(2)13-17(3)15-19/h5-11,13-15H,4,12H2,1-3H3,(H,24,26,27)/b11-8-. The van der Waals surface area contributed by atoms with E-state index in [1.54, 1.807) is 0 Å². The predicted molar refractivity (Wildman–Crippen MR) is 112 cm³/mol. The third-order valence-corrected chi connectivity index (χ3v) is 4.40. The van der Waals surface area contributed by atoms with E-state index in [1.807, 2.05) is 81.5 Å². The highest BCUT2D eigenvalue weighted by atomic mass is 16.5. The Balaban J connectivity index is 2.02. The van der Waals surface area contributed by atoms with Gasteiger partial charge in [0, 0.05) is 6.54 Å². The molecular formula is C23H24N2O3. The first-order chi connectivity index (χ1) is 13.5. The third-order valence-electron chi connectivity index (χ3n) is 4.40. The molecule has 0 atom stereocenters. The van der Waals surface area contributed by atoms with Gasteiger partial charge in [0.2, 0.25) is 5.88 Å². The predicted octanol–water partition coefficient (Wildman–Crippen LogP) is 4.22. The van der Waals surface area contributed by atoms with Gasteiger partial charge in [-0.25, -0.2) is 4.79 Å². The van der Waals surface area contributed by atoms with E-state index in [2.05, 4.69) is 4.98 Å². The molecule has 0 saturated carbocycles. The van der Waals surface area contributed by atoms with Gasteiger partial charge in [-0.3, -0.25) is 14.3 Å². The second-order valence-electron chi connectivity index (χ2n) is 6.75. The average molecular weight is 376 g/mol. The van der Waals surface area contributed by atoms with Gasteiger partial charge in [0.25, 0.3) is 5.56 Å². The number of hydrogen-bond donors (Lipinski definition) is 1. The molecule has 2 aromatic carbocycles. The minimum Gasteiger partial charge on any atom is -0.440 e. The largest absolute Gasteiger partial charge is 0.440 e. The van der Waals surface area contributed by atoms with Crippen molar-refractivity contribution in [2.75, 3.05) is 0 Å². The highest BCUT2D eigenvalue weighted by Gasteiger charge is 2.15. The van der Waals surface area contributed by atoms with Crippen molar-refractivity contribution in [1.82, 2.24) is 9.55 Å². The Morgan fingerprint density at radius 3 is 2.36 bits per heavy atom. The topological polar surface area (TPSA) is 64.1 Å². The lowest BCUT2D eigenvalue weighted by atomic mass is 10.1. The minimum atomic E-state index is -0.487. The van der Waals surface area contributed by atoms with Crippen LogP contribution in [0.15, 0.2) is 64.2 Å². The zero-order chi connectivity index (χ0) is 20.1. The molecule has 1 aromatic heterocycles. The molecule has 5 nitrogen and oxygen atoms in total. The monoisotopic (exact) mass is 376 g/mol. The van der Waals surface area contributed by atoms with Crippen molar-refractivity contribution in [1.29, 1.82) is 0 Å². The van der Waals surface area contributed by atoms with E-state index in [1.165, 1.54) is 4.57 Å². The van der Waals surface area contributed by atoms with E-state index in [0.29, 0.717) is 23.6 Å². The Kier molecular flexibility index (Phi) is 5.94. The molecule has 1 N–H and O–H groups in total. The van der Waals surface area contributed by atoms with Crippen LogP contribution < -0.4 is 16.0 Å². The van der Waals surface area contributed by atoms with Crippen LogP contribution in [0.4, 0.5) is 0 Å². The summed E-state index contributed by atoms with van der Waals surface area (Å²) in [6, 6.07) is 15.6. The lowest BCUT2D eigenvalue weighted by Crippen LogP contribution is -2.33. The second kappa shape index (κ2) is 8.57. The van der Waals surface area contributed by atoms with Gasteiger partial charge >= 0.3 is 5.69 Å². The summed E-state index contributed by atoms with van der Waals surface area (Å²) in [5.41, 5.74) is 2.69. The van der Waals surface area contributed by atoms with Crippen molar-refractivity contribution in [3.8, 4) is 11.6 Å². The summed E-state index contributed by atoms with van der Waals surface area (Å²) in [6.07, 6.45) is 4.27. The number of benzene rings is 2. The van der Waals surface area contributed by atoms with Gasteiger partial charge < -0.3 is 4.74 Å². The fraction of sp³-hybridized carbons (Fsp3) is 0.217. The summed E-state index contributed by atoms with van der Waals surface area (Å²) >= 11 is 0. The highest BCUT2D eigenvalue weighted by molar-refractivity contribution is 5.48. The number of nitrogens with zero attached hydrogens (tertiary/aromatic N) is 1. The van der Waals surface area contributed by atoms with Crippen molar-refractivity contribution < 1.29 is 4.74 Å². The first-order valence-electron chi connectivity index (χ1n) is 9.31. The Bertz CT molecular complexity index is 1090. The zero-order valence-corrected chi connectivity index (χ0v) is 16.4. The zero-order valence-electron chi connectivity index (χ0n) is 16.4. The first kappa shape index (κ1) is 19.4. The maximum atomic E-state index is 12.5. The van der Waals surface area contributed by atoms with Gasteiger partial charge in [-0.1, -0.05) is 55.5 Å². The van der Waals surface area contributed by atoms with Crippen LogP contribution >= 0.6 is 0 Å². The molecular weight excluding hydrogens is 352 g/mol. The van der Waals surface area contributed by atoms with Crippen molar-refractivity contribution in [2.45, 2.75) is 33.7 Å². The molecule has 0 bridgehead atoms. The number of aryl methyl sites for hydroxylation is 2. The molecule has 144 valence electrons. The Morgan fingerprint density at radius 1 is 1.04 bits per heavy atom. The van der Waals surface area contributed by atoms with Crippen LogP contribution in [0.25, 0.3) is 6.08 Å². The summed E-state index contributed by atoms with van der Waals surface area (Å²) in [5.74, 6) is 0.900. The SMILES string of the molecule is CCc1c(Oc2cc(C)cc(C)c2)n(C/C=C\c2ccccc2)c(=O)[nH]c1=O. The van der Waals surface area contributed by atoms with Crippen LogP contribution in [0.3, 0.4) is 0 Å². The Hall–Kier alpha value is -3.34. The number of aromatic nitrogens is 2. The van der Waals surface area contributed by atoms with Gasteiger partial charge in [0.05, 0.1) is 5.56 Å². The van der Waals surface area contributed by atoms with Crippen molar-refractivity contribution >= 4 is 6.08 Å². The third kappa shape index (κ3) is 4.49. The Labute approximate surface area is 163 Å². The second-order valence-corrected chi connectivity index (χ2v) is 6.75. The molecule has 0 saturated heterocycles. The number of ether oxygens (including phenoxy) is 1. The van der Waals surface area contributed by atoms with Crippen LogP contribution in [0, 0.1) is 13.8 Å². The molecule has 0 amide bonds. The minimum absolute atomic E-state index is 0.289. The van der Waals surface area contributed by atoms with Gasteiger partial charge in [0.1, 0.15) is 5.75 Å². The smallest absolute Gasteiger partial charge is 0.331 e. The molecule has 3 aromatic rings. The molecule has 0 fully saturated rings. The molecule has 0 radical (unpaired) electrons. The Morgan fingerprint density at radius 2 is 1.71 bits per heavy atom. The number of hydrogen-bond acceptors (Lipinski definition) is 3. The van der Waals surface area contributed by atoms with Crippen molar-refractivity contribution in [2.24, 2.45) is 0 Å². The van der Waals surface area contributed by atoms with E-state index in [-0.39, 0.29) is 6.54 Å². The van der Waals surface area contributed by atoms with E-state index >= 15 is 0 Å². The summed E-state index contributed by atoms with van der Waals surface area (Å²) in [4.78, 5) is 27.2. The molecule has 0 unspecified atom stereocenters. The first-order valence-corrected chi connectivity index (χ1v) is 9.31. The maximum Gasteiger partial charge on any atom is 0.331 e. The number of rotatable bonds is 6. The van der Waals surface area contributed by atoms with Crippen LogP contribution in [-0.2, 0) is 13.0 Å². The van der Waals surface area contributed by atoms with E-state index in [9.17, 15) is 9.59 Å². The number of nitrogens with one attached hydrogen (secondary N) is 1. The summed E-state index contributed by atoms with van der Waals surface area (Å²) in [7, 11) is 0. The average Bonchev–Trinajstić information content (AvgIpc) is 2.64. The molecule has 28 heavy (non-hydrogen) atoms. The molecule has 0 aliphatic rings. The normalized spacial score (nSPS) is 11.1. The van der Waals surface area contributed by atoms with Crippen molar-refractivity contribution in [3.63, 3.8) is 0 Å².